The van der Waals surface area contributed by atoms with Gasteiger partial charge in [-0.2, -0.15) is 0 Å². The molecule has 2 amide bonds. The van der Waals surface area contributed by atoms with Crippen LogP contribution in [0, 0.1) is 0 Å². The van der Waals surface area contributed by atoms with Crippen LogP contribution in [0.5, 0.6) is 0 Å². The fourth-order valence-electron chi connectivity index (χ4n) is 2.68. The van der Waals surface area contributed by atoms with Crippen molar-refractivity contribution in [1.29, 1.82) is 0 Å². The third-order valence-corrected chi connectivity index (χ3v) is 5.11. The molecule has 8 heteroatoms. The van der Waals surface area contributed by atoms with Crippen LogP contribution in [0.4, 0.5) is 0 Å². The van der Waals surface area contributed by atoms with Crippen LogP contribution < -0.4 is 10.6 Å². The maximum atomic E-state index is 12.8. The predicted octanol–water partition coefficient (Wildman–Crippen LogP) is 3.02. The minimum absolute atomic E-state index is 0.142. The van der Waals surface area contributed by atoms with E-state index in [9.17, 15) is 14.4 Å². The van der Waals surface area contributed by atoms with E-state index < -0.39 is 23.6 Å². The first-order valence-corrected chi connectivity index (χ1v) is 10.1. The number of Topliss-reactive ketones (excluding diaryl/α,β-unsaturated/α-hetero) is 1. The summed E-state index contributed by atoms with van der Waals surface area (Å²) in [5, 5.41) is 8.21. The Morgan fingerprint density at radius 2 is 1.86 bits per heavy atom. The SMILES string of the molecule is O=C(NCc1nccs1)C(=O)[C@@H](Cc1cccc(Cl)c1)NC(=O)c1ccccc1. The van der Waals surface area contributed by atoms with E-state index in [-0.39, 0.29) is 13.0 Å². The summed E-state index contributed by atoms with van der Waals surface area (Å²) in [4.78, 5) is 41.8. The van der Waals surface area contributed by atoms with Gasteiger partial charge in [0.2, 0.25) is 5.78 Å². The van der Waals surface area contributed by atoms with Crippen molar-refractivity contribution < 1.29 is 14.4 Å². The van der Waals surface area contributed by atoms with Gasteiger partial charge in [-0.25, -0.2) is 4.98 Å². The van der Waals surface area contributed by atoms with Gasteiger partial charge in [-0.15, -0.1) is 11.3 Å². The number of nitrogens with zero attached hydrogens (tertiary/aromatic N) is 1. The molecule has 29 heavy (non-hydrogen) atoms. The van der Waals surface area contributed by atoms with Gasteiger partial charge in [0, 0.05) is 28.6 Å². The molecule has 0 aliphatic carbocycles. The van der Waals surface area contributed by atoms with Crippen LogP contribution in [0.15, 0.2) is 66.2 Å². The molecule has 3 rings (SSSR count). The van der Waals surface area contributed by atoms with E-state index in [2.05, 4.69) is 15.6 Å². The van der Waals surface area contributed by atoms with Crippen LogP contribution in [0.2, 0.25) is 5.02 Å². The molecule has 0 bridgehead atoms. The van der Waals surface area contributed by atoms with Crippen LogP contribution in [0.3, 0.4) is 0 Å². The molecular formula is C21H18ClN3O3S. The maximum absolute atomic E-state index is 12.8. The van der Waals surface area contributed by atoms with E-state index in [1.165, 1.54) is 11.3 Å². The fraction of sp³-hybridized carbons (Fsp3) is 0.143. The lowest BCUT2D eigenvalue weighted by molar-refractivity contribution is -0.139. The largest absolute Gasteiger partial charge is 0.343 e. The number of thiazole rings is 1. The average molecular weight is 428 g/mol. The van der Waals surface area contributed by atoms with E-state index in [1.807, 2.05) is 0 Å². The smallest absolute Gasteiger partial charge is 0.289 e. The van der Waals surface area contributed by atoms with Crippen molar-refractivity contribution in [3.05, 3.63) is 87.3 Å². The van der Waals surface area contributed by atoms with Crippen molar-refractivity contribution in [3.8, 4) is 0 Å². The van der Waals surface area contributed by atoms with Crippen molar-refractivity contribution in [1.82, 2.24) is 15.6 Å². The number of benzene rings is 2. The summed E-state index contributed by atoms with van der Waals surface area (Å²) < 4.78 is 0. The Labute approximate surface area is 176 Å². The highest BCUT2D eigenvalue weighted by atomic mass is 35.5. The third kappa shape index (κ3) is 5.97. The zero-order valence-corrected chi connectivity index (χ0v) is 16.9. The van der Waals surface area contributed by atoms with Gasteiger partial charge < -0.3 is 10.6 Å². The quantitative estimate of drug-likeness (QED) is 0.541. The number of hydrogen-bond acceptors (Lipinski definition) is 5. The standard InChI is InChI=1S/C21H18ClN3O3S/c22-16-8-4-5-14(11-16)12-17(25-20(27)15-6-2-1-3-7-15)19(26)21(28)24-13-18-23-9-10-29-18/h1-11,17H,12-13H2,(H,24,28)(H,25,27)/t17-/m1/s1. The zero-order valence-electron chi connectivity index (χ0n) is 15.3. The van der Waals surface area contributed by atoms with E-state index in [0.29, 0.717) is 15.6 Å². The second kappa shape index (κ2) is 9.95. The van der Waals surface area contributed by atoms with Gasteiger partial charge in [0.25, 0.3) is 11.8 Å². The van der Waals surface area contributed by atoms with Crippen molar-refractivity contribution in [2.75, 3.05) is 0 Å². The summed E-state index contributed by atoms with van der Waals surface area (Å²) in [7, 11) is 0. The van der Waals surface area contributed by atoms with Gasteiger partial charge in [-0.05, 0) is 29.8 Å². The highest BCUT2D eigenvalue weighted by Crippen LogP contribution is 2.13. The Bertz CT molecular complexity index is 993. The van der Waals surface area contributed by atoms with Crippen LogP contribution >= 0.6 is 22.9 Å². The third-order valence-electron chi connectivity index (χ3n) is 4.09. The normalized spacial score (nSPS) is 11.5. The van der Waals surface area contributed by atoms with Crippen molar-refractivity contribution in [2.45, 2.75) is 19.0 Å². The molecule has 0 aliphatic rings. The summed E-state index contributed by atoms with van der Waals surface area (Å²) in [6.07, 6.45) is 1.76. The van der Waals surface area contributed by atoms with Gasteiger partial charge in [0.1, 0.15) is 11.0 Å². The number of amides is 2. The van der Waals surface area contributed by atoms with Crippen LogP contribution in [-0.4, -0.2) is 28.6 Å². The van der Waals surface area contributed by atoms with Gasteiger partial charge in [-0.1, -0.05) is 41.9 Å². The highest BCUT2D eigenvalue weighted by molar-refractivity contribution is 7.09. The lowest BCUT2D eigenvalue weighted by Gasteiger charge is -2.18. The summed E-state index contributed by atoms with van der Waals surface area (Å²) >= 11 is 7.40. The second-order valence-electron chi connectivity index (χ2n) is 6.20. The lowest BCUT2D eigenvalue weighted by Crippen LogP contribution is -2.48. The molecule has 0 unspecified atom stereocenters. The molecule has 148 valence electrons. The number of hydrogen-bond donors (Lipinski definition) is 2. The first-order valence-electron chi connectivity index (χ1n) is 8.83. The minimum atomic E-state index is -1.03. The van der Waals surface area contributed by atoms with Gasteiger partial charge in [0.15, 0.2) is 0 Å². The summed E-state index contributed by atoms with van der Waals surface area (Å²) in [5.41, 5.74) is 1.14. The average Bonchev–Trinajstić information content (AvgIpc) is 3.25. The minimum Gasteiger partial charge on any atom is -0.343 e. The summed E-state index contributed by atoms with van der Waals surface area (Å²) in [5.74, 6) is -1.94. The molecule has 0 aliphatic heterocycles. The fourth-order valence-corrected chi connectivity index (χ4v) is 3.45. The van der Waals surface area contributed by atoms with Crippen molar-refractivity contribution >= 4 is 40.5 Å². The number of halogens is 1. The molecule has 0 radical (unpaired) electrons. The topological polar surface area (TPSA) is 88.2 Å². The molecule has 0 spiro atoms. The number of carbonyl (C=O) groups excluding carboxylic acids is 3. The Morgan fingerprint density at radius 1 is 1.07 bits per heavy atom. The van der Waals surface area contributed by atoms with Crippen molar-refractivity contribution in [2.24, 2.45) is 0 Å². The number of rotatable bonds is 8. The first kappa shape index (κ1) is 20.7. The molecule has 2 aromatic carbocycles. The lowest BCUT2D eigenvalue weighted by atomic mass is 10.0. The van der Waals surface area contributed by atoms with Crippen LogP contribution in [0.1, 0.15) is 20.9 Å². The first-order chi connectivity index (χ1) is 14.0. The molecular weight excluding hydrogens is 410 g/mol. The molecule has 2 N–H and O–H groups in total. The van der Waals surface area contributed by atoms with Crippen LogP contribution in [-0.2, 0) is 22.6 Å². The predicted molar refractivity (Wildman–Crippen MR) is 112 cm³/mol. The molecule has 0 fully saturated rings. The molecule has 0 saturated carbocycles. The molecule has 0 saturated heterocycles. The van der Waals surface area contributed by atoms with E-state index in [1.54, 1.807) is 66.2 Å². The molecule has 1 atom stereocenters. The number of nitrogens with one attached hydrogen (secondary N) is 2. The van der Waals surface area contributed by atoms with Gasteiger partial charge in [-0.3, -0.25) is 14.4 Å². The zero-order chi connectivity index (χ0) is 20.6. The highest BCUT2D eigenvalue weighted by Gasteiger charge is 2.27. The summed E-state index contributed by atoms with van der Waals surface area (Å²) in [6, 6.07) is 14.4. The Balaban J connectivity index is 1.74. The molecule has 1 aromatic heterocycles. The second-order valence-corrected chi connectivity index (χ2v) is 7.61. The van der Waals surface area contributed by atoms with Gasteiger partial charge >= 0.3 is 0 Å². The molecule has 3 aromatic rings. The summed E-state index contributed by atoms with van der Waals surface area (Å²) in [6.45, 7) is 0.152. The number of carbonyl (C=O) groups is 3. The van der Waals surface area contributed by atoms with E-state index in [4.69, 9.17) is 11.6 Å². The van der Waals surface area contributed by atoms with Crippen molar-refractivity contribution in [3.63, 3.8) is 0 Å². The van der Waals surface area contributed by atoms with E-state index >= 15 is 0 Å². The molecule has 1 heterocycles. The Kier molecular flexibility index (Phi) is 7.10. The maximum Gasteiger partial charge on any atom is 0.289 e. The van der Waals surface area contributed by atoms with Gasteiger partial charge in [0.05, 0.1) is 6.54 Å². The molecule has 6 nitrogen and oxygen atoms in total. The monoisotopic (exact) mass is 427 g/mol. The Hall–Kier alpha value is -3.03. The Morgan fingerprint density at radius 3 is 2.55 bits per heavy atom. The number of aromatic nitrogens is 1. The van der Waals surface area contributed by atoms with E-state index in [0.717, 1.165) is 5.56 Å². The number of ketones is 1. The van der Waals surface area contributed by atoms with Crippen LogP contribution in [0.25, 0.3) is 0 Å².